The summed E-state index contributed by atoms with van der Waals surface area (Å²) in [5.74, 6) is 0. The first-order valence-electron chi connectivity index (χ1n) is 9.48. The number of sulfonamides is 1. The molecule has 0 atom stereocenters. The largest absolute Gasteiger partial charge is 0.444 e. The molecule has 0 saturated carbocycles. The first kappa shape index (κ1) is 21.5. The number of rotatable bonds is 4. The fraction of sp³-hybridized carbons (Fsp3) is 0.421. The van der Waals surface area contributed by atoms with Gasteiger partial charge in [-0.1, -0.05) is 27.5 Å². The number of ether oxygens (including phenoxy) is 1. The van der Waals surface area contributed by atoms with Crippen molar-refractivity contribution in [2.75, 3.05) is 18.0 Å². The highest BCUT2D eigenvalue weighted by molar-refractivity contribution is 9.10. The van der Waals surface area contributed by atoms with E-state index in [0.29, 0.717) is 12.8 Å². The summed E-state index contributed by atoms with van der Waals surface area (Å²) in [7, 11) is -3.72. The van der Waals surface area contributed by atoms with Crippen LogP contribution in [0.3, 0.4) is 0 Å². The SMILES string of the molecule is O=NC1=C(Cl)CCC(S(=O)(=O)N2CCC(N3C(=O)OCc4cc(Br)ccc43)CC2)=C1. The Morgan fingerprint density at radius 2 is 1.93 bits per heavy atom. The third-order valence-electron chi connectivity index (χ3n) is 5.57. The van der Waals surface area contributed by atoms with Crippen LogP contribution in [0.5, 0.6) is 0 Å². The van der Waals surface area contributed by atoms with Crippen LogP contribution in [0.2, 0.25) is 0 Å². The minimum Gasteiger partial charge on any atom is -0.444 e. The molecule has 0 bridgehead atoms. The average Bonchev–Trinajstić information content (AvgIpc) is 2.74. The standard InChI is InChI=1S/C19H19BrClN3O5S/c20-13-1-4-18-12(9-13)11-29-19(25)24(18)14-5-7-23(8-6-14)30(27,28)15-2-3-16(21)17(10-15)22-26/h1,4,9-10,14H,2-3,5-8,11H2. The van der Waals surface area contributed by atoms with Crippen LogP contribution in [0.15, 0.2) is 49.6 Å². The van der Waals surface area contributed by atoms with Crippen molar-refractivity contribution < 1.29 is 17.9 Å². The van der Waals surface area contributed by atoms with E-state index in [1.54, 1.807) is 4.90 Å². The zero-order chi connectivity index (χ0) is 21.5. The number of amides is 1. The Hall–Kier alpha value is -1.75. The molecule has 0 N–H and O–H groups in total. The molecule has 2 heterocycles. The van der Waals surface area contributed by atoms with Crippen molar-refractivity contribution in [3.8, 4) is 0 Å². The fourth-order valence-electron chi connectivity index (χ4n) is 4.01. The number of halogens is 2. The molecule has 4 rings (SSSR count). The van der Waals surface area contributed by atoms with Crippen molar-refractivity contribution in [3.63, 3.8) is 0 Å². The third-order valence-corrected chi connectivity index (χ3v) is 8.48. The van der Waals surface area contributed by atoms with Gasteiger partial charge in [-0.05, 0) is 55.1 Å². The molecule has 3 aliphatic rings. The fourth-order valence-corrected chi connectivity index (χ4v) is 6.24. The first-order valence-corrected chi connectivity index (χ1v) is 12.1. The molecule has 1 aliphatic carbocycles. The Morgan fingerprint density at radius 3 is 2.63 bits per heavy atom. The molecule has 11 heteroatoms. The smallest absolute Gasteiger partial charge is 0.414 e. The molecule has 1 aromatic carbocycles. The Kier molecular flexibility index (Phi) is 6.02. The predicted octanol–water partition coefficient (Wildman–Crippen LogP) is 4.59. The minimum atomic E-state index is -3.72. The van der Waals surface area contributed by atoms with E-state index in [1.807, 2.05) is 18.2 Å². The lowest BCUT2D eigenvalue weighted by atomic mass is 10.0. The molecule has 8 nitrogen and oxygen atoms in total. The van der Waals surface area contributed by atoms with Crippen LogP contribution in [-0.4, -0.2) is 37.9 Å². The number of fused-ring (bicyclic) bond motifs is 1. The van der Waals surface area contributed by atoms with Gasteiger partial charge >= 0.3 is 6.09 Å². The monoisotopic (exact) mass is 515 g/mol. The Balaban J connectivity index is 1.51. The second kappa shape index (κ2) is 8.41. The zero-order valence-corrected chi connectivity index (χ0v) is 19.0. The van der Waals surface area contributed by atoms with E-state index in [-0.39, 0.29) is 54.2 Å². The number of cyclic esters (lactones) is 1. The number of nitroso groups, excluding NO2 is 1. The molecule has 0 aromatic heterocycles. The van der Waals surface area contributed by atoms with Gasteiger partial charge in [-0.3, -0.25) is 4.90 Å². The van der Waals surface area contributed by atoms with Crippen LogP contribution in [0.1, 0.15) is 31.2 Å². The summed E-state index contributed by atoms with van der Waals surface area (Å²) in [4.78, 5) is 25.1. The van der Waals surface area contributed by atoms with E-state index in [9.17, 15) is 18.1 Å². The van der Waals surface area contributed by atoms with Gasteiger partial charge in [-0.25, -0.2) is 13.2 Å². The van der Waals surface area contributed by atoms with Crippen LogP contribution >= 0.6 is 27.5 Å². The van der Waals surface area contributed by atoms with E-state index >= 15 is 0 Å². The lowest BCUT2D eigenvalue weighted by Gasteiger charge is -2.40. The van der Waals surface area contributed by atoms with Gasteiger partial charge in [0.25, 0.3) is 0 Å². The summed E-state index contributed by atoms with van der Waals surface area (Å²) in [6, 6.07) is 5.50. The summed E-state index contributed by atoms with van der Waals surface area (Å²) in [6.45, 7) is 0.747. The van der Waals surface area contributed by atoms with E-state index in [4.69, 9.17) is 16.3 Å². The quantitative estimate of drug-likeness (QED) is 0.545. The Morgan fingerprint density at radius 1 is 1.20 bits per heavy atom. The topological polar surface area (TPSA) is 96.4 Å². The molecule has 1 aromatic rings. The number of hydrogen-bond acceptors (Lipinski definition) is 6. The van der Waals surface area contributed by atoms with Gasteiger partial charge in [0.2, 0.25) is 10.0 Å². The van der Waals surface area contributed by atoms with Crippen LogP contribution in [0.4, 0.5) is 10.5 Å². The van der Waals surface area contributed by atoms with Gasteiger partial charge in [-0.2, -0.15) is 4.31 Å². The normalized spacial score (nSPS) is 21.2. The highest BCUT2D eigenvalue weighted by Crippen LogP contribution is 2.36. The van der Waals surface area contributed by atoms with Crippen LogP contribution in [0.25, 0.3) is 0 Å². The first-order chi connectivity index (χ1) is 14.3. The number of piperidine rings is 1. The number of hydrogen-bond donors (Lipinski definition) is 0. The van der Waals surface area contributed by atoms with Crippen molar-refractivity contribution in [2.45, 2.75) is 38.3 Å². The minimum absolute atomic E-state index is 0.0322. The number of nitrogens with zero attached hydrogens (tertiary/aromatic N) is 3. The van der Waals surface area contributed by atoms with E-state index < -0.39 is 16.1 Å². The maximum atomic E-state index is 13.0. The molecule has 1 fully saturated rings. The van der Waals surface area contributed by atoms with Gasteiger partial charge in [0.05, 0.1) is 10.6 Å². The van der Waals surface area contributed by atoms with Gasteiger partial charge in [0.15, 0.2) is 0 Å². The lowest BCUT2D eigenvalue weighted by molar-refractivity contribution is 0.136. The van der Waals surface area contributed by atoms with Crippen molar-refractivity contribution in [2.24, 2.45) is 5.18 Å². The summed E-state index contributed by atoms with van der Waals surface area (Å²) in [5, 5.41) is 3.10. The Labute approximate surface area is 187 Å². The second-order valence-electron chi connectivity index (χ2n) is 7.32. The van der Waals surface area contributed by atoms with Crippen LogP contribution in [0, 0.1) is 4.91 Å². The number of allylic oxidation sites excluding steroid dienone is 3. The Bertz CT molecular complexity index is 1060. The molecular formula is C19H19BrClN3O5S. The number of benzene rings is 1. The van der Waals surface area contributed by atoms with Gasteiger partial charge in [0, 0.05) is 34.2 Å². The molecule has 0 unspecified atom stereocenters. The molecular weight excluding hydrogens is 498 g/mol. The predicted molar refractivity (Wildman–Crippen MR) is 116 cm³/mol. The second-order valence-corrected chi connectivity index (χ2v) is 10.7. The van der Waals surface area contributed by atoms with Crippen molar-refractivity contribution in [1.82, 2.24) is 4.31 Å². The molecule has 2 aliphatic heterocycles. The van der Waals surface area contributed by atoms with Crippen molar-refractivity contribution in [3.05, 3.63) is 54.9 Å². The number of carbonyl (C=O) groups excluding carboxylic acids is 1. The summed E-state index contributed by atoms with van der Waals surface area (Å²) in [6.07, 6.45) is 2.31. The summed E-state index contributed by atoms with van der Waals surface area (Å²) in [5.41, 5.74) is 1.67. The molecule has 1 saturated heterocycles. The molecule has 30 heavy (non-hydrogen) atoms. The number of carbonyl (C=O) groups is 1. The van der Waals surface area contributed by atoms with Crippen LogP contribution in [-0.2, 0) is 21.4 Å². The van der Waals surface area contributed by atoms with Gasteiger partial charge in [0.1, 0.15) is 12.3 Å². The number of anilines is 1. The third kappa shape index (κ3) is 3.93. The zero-order valence-electron chi connectivity index (χ0n) is 15.9. The maximum Gasteiger partial charge on any atom is 0.414 e. The average molecular weight is 517 g/mol. The van der Waals surface area contributed by atoms with E-state index in [2.05, 4.69) is 21.1 Å². The van der Waals surface area contributed by atoms with E-state index in [0.717, 1.165) is 15.7 Å². The van der Waals surface area contributed by atoms with Crippen molar-refractivity contribution in [1.29, 1.82) is 0 Å². The highest BCUT2D eigenvalue weighted by Gasteiger charge is 2.38. The molecule has 0 radical (unpaired) electrons. The molecule has 160 valence electrons. The lowest BCUT2D eigenvalue weighted by Crippen LogP contribution is -2.50. The van der Waals surface area contributed by atoms with E-state index in [1.165, 1.54) is 10.4 Å². The van der Waals surface area contributed by atoms with Crippen LogP contribution < -0.4 is 4.90 Å². The molecule has 1 amide bonds. The maximum absolute atomic E-state index is 13.0. The summed E-state index contributed by atoms with van der Waals surface area (Å²) >= 11 is 9.36. The van der Waals surface area contributed by atoms with Gasteiger partial charge < -0.3 is 4.74 Å². The highest BCUT2D eigenvalue weighted by atomic mass is 79.9. The van der Waals surface area contributed by atoms with Crippen molar-refractivity contribution >= 4 is 49.3 Å². The summed E-state index contributed by atoms with van der Waals surface area (Å²) < 4.78 is 33.7. The molecule has 0 spiro atoms. The van der Waals surface area contributed by atoms with Gasteiger partial charge in [-0.15, -0.1) is 4.91 Å².